The Kier molecular flexibility index (Phi) is 2.70. The van der Waals surface area contributed by atoms with Gasteiger partial charge in [-0.05, 0) is 23.6 Å². The van der Waals surface area contributed by atoms with E-state index in [4.69, 9.17) is 15.0 Å². The molecular weight excluding hydrogens is 210 g/mol. The summed E-state index contributed by atoms with van der Waals surface area (Å²) in [6, 6.07) is 9.33. The third-order valence-electron chi connectivity index (χ3n) is 2.32. The van der Waals surface area contributed by atoms with Crippen LogP contribution in [0, 0.1) is 0 Å². The second kappa shape index (κ2) is 4.00. The number of fused-ring (bicyclic) bond motifs is 1. The molecule has 0 bridgehead atoms. The first kappa shape index (κ1) is 10.1. The molecular formula is C11H11NO2S. The number of nitrogen functional groups attached to an aromatic ring is 1. The van der Waals surface area contributed by atoms with E-state index in [0.717, 1.165) is 27.7 Å². The molecule has 0 aliphatic rings. The minimum atomic E-state index is 0.629. The summed E-state index contributed by atoms with van der Waals surface area (Å²) in [6.07, 6.45) is 0. The van der Waals surface area contributed by atoms with E-state index in [0.29, 0.717) is 11.4 Å². The second-order valence-corrected chi connectivity index (χ2v) is 3.81. The van der Waals surface area contributed by atoms with Crippen molar-refractivity contribution in [1.29, 1.82) is 0 Å². The van der Waals surface area contributed by atoms with Gasteiger partial charge in [-0.1, -0.05) is 12.1 Å². The summed E-state index contributed by atoms with van der Waals surface area (Å²) in [5, 5.41) is 1.93. The van der Waals surface area contributed by atoms with Crippen LogP contribution in [0.15, 0.2) is 35.2 Å². The zero-order chi connectivity index (χ0) is 10.8. The van der Waals surface area contributed by atoms with Crippen molar-refractivity contribution in [3.63, 3.8) is 0 Å². The average molecular weight is 221 g/mol. The highest BCUT2D eigenvalue weighted by Gasteiger charge is 2.04. The Labute approximate surface area is 92.1 Å². The molecule has 0 saturated carbocycles. The van der Waals surface area contributed by atoms with Crippen LogP contribution < -0.4 is 10.5 Å². The number of hydrogen-bond acceptors (Lipinski definition) is 4. The third-order valence-corrected chi connectivity index (χ3v) is 2.78. The highest BCUT2D eigenvalue weighted by atomic mass is 32.2. The fourth-order valence-electron chi connectivity index (χ4n) is 1.55. The highest BCUT2D eigenvalue weighted by Crippen LogP contribution is 2.32. The Morgan fingerprint density at radius 2 is 2.07 bits per heavy atom. The summed E-state index contributed by atoms with van der Waals surface area (Å²) in [5.74, 6) is 0.673. The van der Waals surface area contributed by atoms with Gasteiger partial charge in [0.25, 0.3) is 0 Å². The zero-order valence-corrected chi connectivity index (χ0v) is 9.04. The molecule has 2 aromatic rings. The molecule has 0 unspecified atom stereocenters. The Morgan fingerprint density at radius 1 is 1.27 bits per heavy atom. The van der Waals surface area contributed by atoms with E-state index in [9.17, 15) is 0 Å². The molecule has 0 spiro atoms. The molecule has 0 radical (unpaired) electrons. The molecule has 0 fully saturated rings. The van der Waals surface area contributed by atoms with Crippen molar-refractivity contribution in [3.05, 3.63) is 30.3 Å². The van der Waals surface area contributed by atoms with Crippen LogP contribution in [0.2, 0.25) is 0 Å². The van der Waals surface area contributed by atoms with Crippen LogP contribution in [0.3, 0.4) is 0 Å². The SMILES string of the molecule is COc1ccc2cc(SO)ccc2c1N. The number of benzene rings is 2. The summed E-state index contributed by atoms with van der Waals surface area (Å²) in [7, 11) is 1.59. The Hall–Kier alpha value is -1.39. The molecule has 0 aliphatic heterocycles. The molecule has 78 valence electrons. The van der Waals surface area contributed by atoms with Crippen LogP contribution >= 0.6 is 12.0 Å². The largest absolute Gasteiger partial charge is 0.495 e. The number of rotatable bonds is 2. The minimum absolute atomic E-state index is 0.629. The molecule has 0 aromatic heterocycles. The van der Waals surface area contributed by atoms with E-state index >= 15 is 0 Å². The van der Waals surface area contributed by atoms with Gasteiger partial charge in [-0.2, -0.15) is 0 Å². The number of ether oxygens (including phenoxy) is 1. The lowest BCUT2D eigenvalue weighted by atomic mass is 10.1. The zero-order valence-electron chi connectivity index (χ0n) is 8.23. The van der Waals surface area contributed by atoms with E-state index in [1.54, 1.807) is 7.11 Å². The monoisotopic (exact) mass is 221 g/mol. The van der Waals surface area contributed by atoms with Gasteiger partial charge in [-0.15, -0.1) is 0 Å². The van der Waals surface area contributed by atoms with Crippen molar-refractivity contribution >= 4 is 28.5 Å². The summed E-state index contributed by atoms with van der Waals surface area (Å²) in [4.78, 5) is 0.798. The standard InChI is InChI=1S/C11H11NO2S/c1-14-10-5-2-7-6-8(15-13)3-4-9(7)11(10)12/h2-6,13H,12H2,1H3. The van der Waals surface area contributed by atoms with Crippen molar-refractivity contribution in [3.8, 4) is 5.75 Å². The number of hydrogen-bond donors (Lipinski definition) is 2. The second-order valence-electron chi connectivity index (χ2n) is 3.16. The van der Waals surface area contributed by atoms with Crippen molar-refractivity contribution in [1.82, 2.24) is 0 Å². The van der Waals surface area contributed by atoms with Crippen molar-refractivity contribution < 1.29 is 9.29 Å². The third kappa shape index (κ3) is 1.73. The molecule has 4 heteroatoms. The van der Waals surface area contributed by atoms with E-state index in [-0.39, 0.29) is 0 Å². The summed E-state index contributed by atoms with van der Waals surface area (Å²) < 4.78 is 14.1. The summed E-state index contributed by atoms with van der Waals surface area (Å²) in [5.41, 5.74) is 6.56. The number of anilines is 1. The van der Waals surface area contributed by atoms with Gasteiger partial charge in [0, 0.05) is 22.3 Å². The average Bonchev–Trinajstić information content (AvgIpc) is 2.29. The number of methoxy groups -OCH3 is 1. The fourth-order valence-corrected chi connectivity index (χ4v) is 1.86. The Bertz CT molecular complexity index is 499. The van der Waals surface area contributed by atoms with Crippen LogP contribution in [-0.4, -0.2) is 11.7 Å². The molecule has 2 aromatic carbocycles. The molecule has 0 amide bonds. The van der Waals surface area contributed by atoms with Crippen LogP contribution in [-0.2, 0) is 0 Å². The molecule has 2 rings (SSSR count). The lowest BCUT2D eigenvalue weighted by molar-refractivity contribution is 0.417. The summed E-state index contributed by atoms with van der Waals surface area (Å²) in [6.45, 7) is 0. The van der Waals surface area contributed by atoms with Crippen LogP contribution in [0.1, 0.15) is 0 Å². The van der Waals surface area contributed by atoms with Gasteiger partial charge in [0.15, 0.2) is 0 Å². The van der Waals surface area contributed by atoms with Gasteiger partial charge in [0.05, 0.1) is 12.8 Å². The van der Waals surface area contributed by atoms with Crippen LogP contribution in [0.5, 0.6) is 5.75 Å². The lowest BCUT2D eigenvalue weighted by Gasteiger charge is -2.08. The smallest absolute Gasteiger partial charge is 0.142 e. The maximum Gasteiger partial charge on any atom is 0.142 e. The van der Waals surface area contributed by atoms with E-state index in [2.05, 4.69) is 0 Å². The Morgan fingerprint density at radius 3 is 2.73 bits per heavy atom. The maximum atomic E-state index is 8.93. The van der Waals surface area contributed by atoms with Gasteiger partial charge in [0.2, 0.25) is 0 Å². The molecule has 3 N–H and O–H groups in total. The van der Waals surface area contributed by atoms with Crippen molar-refractivity contribution in [2.75, 3.05) is 12.8 Å². The quantitative estimate of drug-likeness (QED) is 0.604. The maximum absolute atomic E-state index is 8.93. The molecule has 15 heavy (non-hydrogen) atoms. The van der Waals surface area contributed by atoms with E-state index in [1.165, 1.54) is 0 Å². The van der Waals surface area contributed by atoms with Crippen molar-refractivity contribution in [2.24, 2.45) is 0 Å². The van der Waals surface area contributed by atoms with Gasteiger partial charge in [0.1, 0.15) is 5.75 Å². The Balaban J connectivity index is 2.68. The van der Waals surface area contributed by atoms with Crippen LogP contribution in [0.25, 0.3) is 10.8 Å². The van der Waals surface area contributed by atoms with E-state index < -0.39 is 0 Å². The van der Waals surface area contributed by atoms with Gasteiger partial charge >= 0.3 is 0 Å². The highest BCUT2D eigenvalue weighted by molar-refractivity contribution is 7.93. The van der Waals surface area contributed by atoms with Crippen LogP contribution in [0.4, 0.5) is 5.69 Å². The van der Waals surface area contributed by atoms with Gasteiger partial charge < -0.3 is 15.0 Å². The molecule has 0 saturated heterocycles. The lowest BCUT2D eigenvalue weighted by Crippen LogP contribution is -1.93. The van der Waals surface area contributed by atoms with Crippen molar-refractivity contribution in [2.45, 2.75) is 4.90 Å². The predicted molar refractivity (Wildman–Crippen MR) is 63.4 cm³/mol. The molecule has 0 heterocycles. The van der Waals surface area contributed by atoms with Gasteiger partial charge in [-0.3, -0.25) is 0 Å². The first-order valence-corrected chi connectivity index (χ1v) is 5.21. The normalized spacial score (nSPS) is 10.5. The minimum Gasteiger partial charge on any atom is -0.495 e. The molecule has 0 atom stereocenters. The topological polar surface area (TPSA) is 55.5 Å². The fraction of sp³-hybridized carbons (Fsp3) is 0.0909. The molecule has 3 nitrogen and oxygen atoms in total. The first-order chi connectivity index (χ1) is 7.26. The van der Waals surface area contributed by atoms with Gasteiger partial charge in [-0.25, -0.2) is 0 Å². The number of nitrogens with two attached hydrogens (primary N) is 1. The summed E-state index contributed by atoms with van der Waals surface area (Å²) >= 11 is 0.727. The predicted octanol–water partition coefficient (Wildman–Crippen LogP) is 3.00. The molecule has 0 aliphatic carbocycles. The van der Waals surface area contributed by atoms with E-state index in [1.807, 2.05) is 30.3 Å². The first-order valence-electron chi connectivity index (χ1n) is 4.44.